The third-order valence-electron chi connectivity index (χ3n) is 5.63. The van der Waals surface area contributed by atoms with Crippen LogP contribution in [0.5, 0.6) is 0 Å². The van der Waals surface area contributed by atoms with Gasteiger partial charge in [0.15, 0.2) is 0 Å². The molecule has 0 spiro atoms. The van der Waals surface area contributed by atoms with Crippen LogP contribution in [0.25, 0.3) is 0 Å². The molecule has 1 atom stereocenters. The molecule has 0 heterocycles. The van der Waals surface area contributed by atoms with Gasteiger partial charge in [0, 0.05) is 6.42 Å². The van der Waals surface area contributed by atoms with Crippen molar-refractivity contribution in [3.63, 3.8) is 0 Å². The third-order valence-corrected chi connectivity index (χ3v) is 5.63. The summed E-state index contributed by atoms with van der Waals surface area (Å²) in [5.41, 5.74) is 0. The molecule has 0 amide bonds. The number of aliphatic hydroxyl groups excluding tert-OH is 2. The molecule has 30 heavy (non-hydrogen) atoms. The van der Waals surface area contributed by atoms with Gasteiger partial charge in [0.2, 0.25) is 0 Å². The van der Waals surface area contributed by atoms with Crippen LogP contribution in [0.3, 0.4) is 0 Å². The molecular weight excluding hydrogens is 380 g/mol. The second kappa shape index (κ2) is 26.4. The molecule has 0 saturated heterocycles. The van der Waals surface area contributed by atoms with Crippen molar-refractivity contribution >= 4 is 5.97 Å². The van der Waals surface area contributed by atoms with Gasteiger partial charge in [0.25, 0.3) is 0 Å². The molecule has 0 aromatic heterocycles. The highest BCUT2D eigenvalue weighted by atomic mass is 16.5. The maximum Gasteiger partial charge on any atom is 0.305 e. The quantitative estimate of drug-likeness (QED) is 0.155. The average Bonchev–Trinajstić information content (AvgIpc) is 2.73. The average molecular weight is 433 g/mol. The molecule has 0 aromatic carbocycles. The fourth-order valence-corrected chi connectivity index (χ4v) is 3.66. The van der Waals surface area contributed by atoms with Crippen molar-refractivity contribution in [2.24, 2.45) is 0 Å². The summed E-state index contributed by atoms with van der Waals surface area (Å²) in [6.45, 7) is 1.81. The van der Waals surface area contributed by atoms with Gasteiger partial charge in [0.1, 0.15) is 12.7 Å². The van der Waals surface area contributed by atoms with Crippen LogP contribution in [0.15, 0.2) is 0 Å². The zero-order valence-corrected chi connectivity index (χ0v) is 19.8. The van der Waals surface area contributed by atoms with Crippen LogP contribution < -0.4 is 0 Å². The van der Waals surface area contributed by atoms with Crippen LogP contribution in [-0.4, -0.2) is 41.0 Å². The van der Waals surface area contributed by atoms with Gasteiger partial charge >= 0.3 is 5.97 Å². The van der Waals surface area contributed by atoms with E-state index in [9.17, 15) is 4.79 Å². The molecule has 0 rings (SSSR count). The smallest absolute Gasteiger partial charge is 0.305 e. The molecular formula is C25H52O5. The van der Waals surface area contributed by atoms with Gasteiger partial charge in [-0.25, -0.2) is 0 Å². The Bertz CT molecular complexity index is 336. The van der Waals surface area contributed by atoms with Crippen molar-refractivity contribution in [2.75, 3.05) is 13.2 Å². The fourth-order valence-electron chi connectivity index (χ4n) is 3.66. The largest absolute Gasteiger partial charge is 0.463 e. The molecule has 4 N–H and O–H groups in total. The highest BCUT2D eigenvalue weighted by Gasteiger charge is 2.07. The maximum atomic E-state index is 11.4. The first-order valence-electron chi connectivity index (χ1n) is 12.6. The van der Waals surface area contributed by atoms with E-state index in [2.05, 4.69) is 6.92 Å². The van der Waals surface area contributed by atoms with Gasteiger partial charge in [0.05, 0.1) is 6.61 Å². The summed E-state index contributed by atoms with van der Waals surface area (Å²) >= 11 is 0. The molecule has 0 bridgehead atoms. The topological polar surface area (TPSA) is 98.3 Å². The number of rotatable bonds is 23. The Labute approximate surface area is 186 Å². The Morgan fingerprint density at radius 2 is 1.00 bits per heavy atom. The predicted molar refractivity (Wildman–Crippen MR) is 126 cm³/mol. The number of esters is 1. The van der Waals surface area contributed by atoms with E-state index in [1.54, 1.807) is 0 Å². The van der Waals surface area contributed by atoms with Gasteiger partial charge < -0.3 is 20.4 Å². The highest BCUT2D eigenvalue weighted by Crippen LogP contribution is 2.14. The number of hydrogen-bond acceptors (Lipinski definition) is 4. The number of ether oxygens (including phenoxy) is 1. The first-order valence-corrected chi connectivity index (χ1v) is 12.6. The summed E-state index contributed by atoms with van der Waals surface area (Å²) in [5, 5.41) is 17.8. The zero-order valence-electron chi connectivity index (χ0n) is 19.8. The molecule has 0 aliphatic heterocycles. The van der Waals surface area contributed by atoms with Crippen LogP contribution in [0.2, 0.25) is 0 Å². The van der Waals surface area contributed by atoms with Gasteiger partial charge in [-0.1, -0.05) is 122 Å². The second-order valence-electron chi connectivity index (χ2n) is 8.63. The van der Waals surface area contributed by atoms with E-state index in [-0.39, 0.29) is 24.7 Å². The molecule has 0 fully saturated rings. The molecule has 0 aromatic rings. The first-order chi connectivity index (χ1) is 14.2. The minimum absolute atomic E-state index is 0. The summed E-state index contributed by atoms with van der Waals surface area (Å²) in [6, 6.07) is 0. The molecule has 0 saturated carbocycles. The Morgan fingerprint density at radius 1 is 0.667 bits per heavy atom. The van der Waals surface area contributed by atoms with Crippen molar-refractivity contribution in [2.45, 2.75) is 141 Å². The van der Waals surface area contributed by atoms with E-state index in [1.807, 2.05) is 0 Å². The van der Waals surface area contributed by atoms with Crippen LogP contribution >= 0.6 is 0 Å². The van der Waals surface area contributed by atoms with E-state index in [4.69, 9.17) is 14.9 Å². The van der Waals surface area contributed by atoms with Crippen LogP contribution in [0, 0.1) is 0 Å². The second-order valence-corrected chi connectivity index (χ2v) is 8.63. The molecule has 0 aliphatic carbocycles. The number of aliphatic hydroxyl groups is 2. The van der Waals surface area contributed by atoms with E-state index >= 15 is 0 Å². The third kappa shape index (κ3) is 25.4. The Kier molecular flexibility index (Phi) is 27.7. The molecule has 5 heteroatoms. The number of carbonyl (C=O) groups excluding carboxylic acids is 1. The fraction of sp³-hybridized carbons (Fsp3) is 0.960. The predicted octanol–water partition coefficient (Wildman–Crippen LogP) is 5.88. The van der Waals surface area contributed by atoms with Crippen LogP contribution in [-0.2, 0) is 9.53 Å². The lowest BCUT2D eigenvalue weighted by atomic mass is 10.0. The summed E-state index contributed by atoms with van der Waals surface area (Å²) < 4.78 is 4.88. The van der Waals surface area contributed by atoms with Gasteiger partial charge in [-0.15, -0.1) is 0 Å². The molecule has 1 unspecified atom stereocenters. The monoisotopic (exact) mass is 432 g/mol. The van der Waals surface area contributed by atoms with Crippen molar-refractivity contribution < 1.29 is 25.2 Å². The number of hydrogen-bond donors (Lipinski definition) is 2. The van der Waals surface area contributed by atoms with Gasteiger partial charge in [-0.3, -0.25) is 4.79 Å². The highest BCUT2D eigenvalue weighted by molar-refractivity contribution is 5.69. The lowest BCUT2D eigenvalue weighted by molar-refractivity contribution is -0.147. The maximum absolute atomic E-state index is 11.4. The summed E-state index contributed by atoms with van der Waals surface area (Å²) in [4.78, 5) is 11.4. The normalized spacial score (nSPS) is 11.8. The van der Waals surface area contributed by atoms with E-state index in [1.165, 1.54) is 109 Å². The van der Waals surface area contributed by atoms with Crippen LogP contribution in [0.4, 0.5) is 0 Å². The molecule has 5 nitrogen and oxygen atoms in total. The summed E-state index contributed by atoms with van der Waals surface area (Å²) in [5.74, 6) is -0.274. The van der Waals surface area contributed by atoms with E-state index in [0.29, 0.717) is 6.42 Å². The summed E-state index contributed by atoms with van der Waals surface area (Å²) in [6.07, 6.45) is 24.9. The number of carbonyl (C=O) groups is 1. The van der Waals surface area contributed by atoms with Gasteiger partial charge in [-0.2, -0.15) is 0 Å². The molecule has 0 aliphatic rings. The Morgan fingerprint density at radius 3 is 1.33 bits per heavy atom. The lowest BCUT2D eigenvalue weighted by Gasteiger charge is -2.08. The first kappa shape index (κ1) is 31.5. The van der Waals surface area contributed by atoms with E-state index < -0.39 is 6.10 Å². The molecule has 0 radical (unpaired) electrons. The summed E-state index contributed by atoms with van der Waals surface area (Å²) in [7, 11) is 0. The van der Waals surface area contributed by atoms with Crippen molar-refractivity contribution in [3.05, 3.63) is 0 Å². The lowest BCUT2D eigenvalue weighted by Crippen LogP contribution is -2.21. The minimum atomic E-state index is -0.955. The minimum Gasteiger partial charge on any atom is -0.463 e. The SMILES string of the molecule is CCCCCCCCCCCCCCCCCCCCCC(=O)OCC(O)CO.O. The molecule has 182 valence electrons. The Hall–Kier alpha value is -0.650. The standard InChI is InChI=1S/C25H50O4.H2O/c1-2-3-4-5-6-7-8-9-10-11-12-13-14-15-16-17-18-19-20-21-25(28)29-23-24(27)22-26;/h24,26-27H,2-23H2,1H3;1H2. The number of unbranched alkanes of at least 4 members (excludes halogenated alkanes) is 18. The van der Waals surface area contributed by atoms with E-state index in [0.717, 1.165) is 12.8 Å². The zero-order chi connectivity index (χ0) is 21.4. The van der Waals surface area contributed by atoms with Crippen molar-refractivity contribution in [3.8, 4) is 0 Å². The van der Waals surface area contributed by atoms with Crippen LogP contribution in [0.1, 0.15) is 135 Å². The van der Waals surface area contributed by atoms with Crippen molar-refractivity contribution in [1.82, 2.24) is 0 Å². The Balaban J connectivity index is 0. The van der Waals surface area contributed by atoms with Crippen molar-refractivity contribution in [1.29, 1.82) is 0 Å². The van der Waals surface area contributed by atoms with Gasteiger partial charge in [-0.05, 0) is 6.42 Å².